The van der Waals surface area contributed by atoms with Crippen LogP contribution in [0.1, 0.15) is 63.4 Å². The van der Waals surface area contributed by atoms with Crippen LogP contribution in [0.5, 0.6) is 0 Å². The second kappa shape index (κ2) is 5.41. The van der Waals surface area contributed by atoms with Crippen molar-refractivity contribution in [2.45, 2.75) is 57.8 Å². The molecular formula is C20H27F. The summed E-state index contributed by atoms with van der Waals surface area (Å²) in [6, 6.07) is 7.51. The molecule has 0 amide bonds. The van der Waals surface area contributed by atoms with Crippen molar-refractivity contribution >= 4 is 0 Å². The SMILES string of the molecule is C[C@H](CCC1CC1)[C@H]1CC2CC1[C@H](c1ccccc1F)C2. The predicted molar refractivity (Wildman–Crippen MR) is 84.6 cm³/mol. The molecule has 0 aromatic heterocycles. The van der Waals surface area contributed by atoms with Gasteiger partial charge in [0.15, 0.2) is 0 Å². The fourth-order valence-electron chi connectivity index (χ4n) is 5.31. The van der Waals surface area contributed by atoms with Crippen LogP contribution in [0, 0.1) is 35.4 Å². The topological polar surface area (TPSA) is 0 Å². The van der Waals surface area contributed by atoms with Gasteiger partial charge in [0.25, 0.3) is 0 Å². The Bertz CT molecular complexity index is 504. The lowest BCUT2D eigenvalue weighted by Crippen LogP contribution is -2.25. The molecule has 114 valence electrons. The molecular weight excluding hydrogens is 259 g/mol. The van der Waals surface area contributed by atoms with Gasteiger partial charge >= 0.3 is 0 Å². The third kappa shape index (κ3) is 2.64. The van der Waals surface area contributed by atoms with E-state index in [1.54, 1.807) is 6.07 Å². The third-order valence-electron chi connectivity index (χ3n) is 6.63. The summed E-state index contributed by atoms with van der Waals surface area (Å²) in [7, 11) is 0. The first-order valence-electron chi connectivity index (χ1n) is 8.96. The smallest absolute Gasteiger partial charge is 0.126 e. The monoisotopic (exact) mass is 286 g/mol. The Labute approximate surface area is 128 Å². The Hall–Kier alpha value is -0.850. The van der Waals surface area contributed by atoms with Crippen LogP contribution in [0.15, 0.2) is 24.3 Å². The maximum absolute atomic E-state index is 14.2. The minimum Gasteiger partial charge on any atom is -0.207 e. The van der Waals surface area contributed by atoms with Gasteiger partial charge < -0.3 is 0 Å². The van der Waals surface area contributed by atoms with Gasteiger partial charge in [-0.15, -0.1) is 0 Å². The summed E-state index contributed by atoms with van der Waals surface area (Å²) in [5, 5.41) is 0. The van der Waals surface area contributed by atoms with Crippen LogP contribution in [0.4, 0.5) is 4.39 Å². The van der Waals surface area contributed by atoms with E-state index in [1.807, 2.05) is 18.2 Å². The Balaban J connectivity index is 1.47. The lowest BCUT2D eigenvalue weighted by molar-refractivity contribution is 0.202. The molecule has 3 fully saturated rings. The molecule has 3 aliphatic rings. The van der Waals surface area contributed by atoms with Gasteiger partial charge in [-0.3, -0.25) is 0 Å². The van der Waals surface area contributed by atoms with Gasteiger partial charge in [0.05, 0.1) is 0 Å². The molecule has 1 heteroatoms. The molecule has 2 unspecified atom stereocenters. The maximum Gasteiger partial charge on any atom is 0.126 e. The quantitative estimate of drug-likeness (QED) is 0.643. The van der Waals surface area contributed by atoms with E-state index in [2.05, 4.69) is 6.92 Å². The number of hydrogen-bond acceptors (Lipinski definition) is 0. The van der Waals surface area contributed by atoms with Crippen LogP contribution in [-0.2, 0) is 0 Å². The van der Waals surface area contributed by atoms with Crippen molar-refractivity contribution in [2.24, 2.45) is 29.6 Å². The van der Waals surface area contributed by atoms with Crippen LogP contribution in [0.25, 0.3) is 0 Å². The fourth-order valence-corrected chi connectivity index (χ4v) is 5.31. The fraction of sp³-hybridized carbons (Fsp3) is 0.700. The summed E-state index contributed by atoms with van der Waals surface area (Å²) >= 11 is 0. The van der Waals surface area contributed by atoms with Crippen molar-refractivity contribution < 1.29 is 4.39 Å². The van der Waals surface area contributed by atoms with Crippen molar-refractivity contribution in [1.82, 2.24) is 0 Å². The highest BCUT2D eigenvalue weighted by atomic mass is 19.1. The van der Waals surface area contributed by atoms with Crippen molar-refractivity contribution in [2.75, 3.05) is 0 Å². The van der Waals surface area contributed by atoms with Gasteiger partial charge in [0.2, 0.25) is 0 Å². The Morgan fingerprint density at radius 3 is 2.67 bits per heavy atom. The molecule has 0 nitrogen and oxygen atoms in total. The highest BCUT2D eigenvalue weighted by Gasteiger charge is 2.48. The Morgan fingerprint density at radius 1 is 1.14 bits per heavy atom. The van der Waals surface area contributed by atoms with E-state index in [-0.39, 0.29) is 5.82 Å². The molecule has 0 spiro atoms. The average molecular weight is 286 g/mol. The summed E-state index contributed by atoms with van der Waals surface area (Å²) in [4.78, 5) is 0. The van der Waals surface area contributed by atoms with Crippen LogP contribution in [0.2, 0.25) is 0 Å². The second-order valence-electron chi connectivity index (χ2n) is 8.03. The number of halogens is 1. The highest BCUT2D eigenvalue weighted by molar-refractivity contribution is 5.25. The molecule has 1 aromatic rings. The largest absolute Gasteiger partial charge is 0.207 e. The van der Waals surface area contributed by atoms with E-state index >= 15 is 0 Å². The predicted octanol–water partition coefficient (Wildman–Crippen LogP) is 5.78. The van der Waals surface area contributed by atoms with Crippen LogP contribution in [0.3, 0.4) is 0 Å². The zero-order valence-electron chi connectivity index (χ0n) is 13.1. The average Bonchev–Trinajstić information content (AvgIpc) is 3.11. The van der Waals surface area contributed by atoms with E-state index in [0.29, 0.717) is 5.92 Å². The lowest BCUT2D eigenvalue weighted by Gasteiger charge is -2.34. The highest BCUT2D eigenvalue weighted by Crippen LogP contribution is 2.58. The van der Waals surface area contributed by atoms with Gasteiger partial charge in [-0.05, 0) is 66.4 Å². The first-order valence-corrected chi connectivity index (χ1v) is 8.96. The van der Waals surface area contributed by atoms with Crippen LogP contribution < -0.4 is 0 Å². The summed E-state index contributed by atoms with van der Waals surface area (Å²) in [5.74, 6) is 4.89. The Kier molecular flexibility index (Phi) is 3.55. The van der Waals surface area contributed by atoms with E-state index in [0.717, 1.165) is 35.2 Å². The molecule has 5 atom stereocenters. The molecule has 2 bridgehead atoms. The van der Waals surface area contributed by atoms with Crippen molar-refractivity contribution in [1.29, 1.82) is 0 Å². The molecule has 0 aliphatic heterocycles. The molecule has 0 saturated heterocycles. The molecule has 0 N–H and O–H groups in total. The number of fused-ring (bicyclic) bond motifs is 2. The van der Waals surface area contributed by atoms with Crippen molar-refractivity contribution in [3.05, 3.63) is 35.6 Å². The third-order valence-corrected chi connectivity index (χ3v) is 6.63. The van der Waals surface area contributed by atoms with E-state index < -0.39 is 0 Å². The molecule has 0 heterocycles. The zero-order valence-corrected chi connectivity index (χ0v) is 13.1. The first-order chi connectivity index (χ1) is 10.2. The minimum atomic E-state index is 0.0273. The van der Waals surface area contributed by atoms with E-state index in [9.17, 15) is 4.39 Å². The van der Waals surface area contributed by atoms with Gasteiger partial charge in [0, 0.05) is 0 Å². The van der Waals surface area contributed by atoms with E-state index in [4.69, 9.17) is 0 Å². The standard InChI is InChI=1S/C20H27F/c1-13(6-7-14-8-9-14)17-10-15-11-18(19(17)12-15)16-4-2-3-5-20(16)21/h2-5,13-15,17-19H,6-12H2,1H3/t13-,15?,17-,18+,19?/m1/s1. The van der Waals surface area contributed by atoms with Gasteiger partial charge in [-0.25, -0.2) is 4.39 Å². The first kappa shape index (κ1) is 13.8. The van der Waals surface area contributed by atoms with Gasteiger partial charge in [0.1, 0.15) is 5.82 Å². The molecule has 4 rings (SSSR count). The van der Waals surface area contributed by atoms with Gasteiger partial charge in [-0.1, -0.05) is 50.8 Å². The maximum atomic E-state index is 14.2. The molecule has 21 heavy (non-hydrogen) atoms. The van der Waals surface area contributed by atoms with Crippen LogP contribution in [-0.4, -0.2) is 0 Å². The van der Waals surface area contributed by atoms with Crippen molar-refractivity contribution in [3.8, 4) is 0 Å². The summed E-state index contributed by atoms with van der Waals surface area (Å²) in [5.41, 5.74) is 1.00. The molecule has 1 aromatic carbocycles. The summed E-state index contributed by atoms with van der Waals surface area (Å²) in [6.07, 6.45) is 9.81. The summed E-state index contributed by atoms with van der Waals surface area (Å²) < 4.78 is 14.2. The normalized spacial score (nSPS) is 36.1. The molecule has 3 saturated carbocycles. The van der Waals surface area contributed by atoms with Crippen LogP contribution >= 0.6 is 0 Å². The lowest BCUT2D eigenvalue weighted by atomic mass is 9.71. The number of hydrogen-bond donors (Lipinski definition) is 0. The zero-order chi connectivity index (χ0) is 14.4. The number of rotatable bonds is 5. The summed E-state index contributed by atoms with van der Waals surface area (Å²) in [6.45, 7) is 2.46. The Morgan fingerprint density at radius 2 is 1.95 bits per heavy atom. The molecule has 0 radical (unpaired) electrons. The van der Waals surface area contributed by atoms with Crippen molar-refractivity contribution in [3.63, 3.8) is 0 Å². The molecule has 3 aliphatic carbocycles. The minimum absolute atomic E-state index is 0.0273. The number of benzene rings is 1. The van der Waals surface area contributed by atoms with Gasteiger partial charge in [-0.2, -0.15) is 0 Å². The second-order valence-corrected chi connectivity index (χ2v) is 8.03. The van der Waals surface area contributed by atoms with E-state index in [1.165, 1.54) is 44.9 Å².